The van der Waals surface area contributed by atoms with Gasteiger partial charge in [0.15, 0.2) is 11.7 Å². The molecule has 1 aliphatic heterocycles. The Balaban J connectivity index is 1.05. The highest BCUT2D eigenvalue weighted by atomic mass is 16.7. The van der Waals surface area contributed by atoms with E-state index in [1.807, 2.05) is 6.07 Å². The number of aliphatic hydroxyl groups excluding tert-OH is 2. The number of carbonyl (C=O) groups excluding carboxylic acids is 5. The minimum Gasteiger partial charge on any atom is -0.394 e. The molecule has 0 saturated carbocycles. The normalized spacial score (nSPS) is 19.4. The van der Waals surface area contributed by atoms with Crippen molar-refractivity contribution < 1.29 is 53.3 Å². The van der Waals surface area contributed by atoms with Gasteiger partial charge in [0.1, 0.15) is 48.6 Å². The predicted octanol–water partition coefficient (Wildman–Crippen LogP) is 0.338. The molecule has 0 spiro atoms. The number of fused-ring (bicyclic) bond motifs is 2. The van der Waals surface area contributed by atoms with Crippen molar-refractivity contribution in [2.24, 2.45) is 5.73 Å². The van der Waals surface area contributed by atoms with Gasteiger partial charge in [-0.1, -0.05) is 42.5 Å². The lowest BCUT2D eigenvalue weighted by molar-refractivity contribution is -0.383. The molecule has 1 aliphatic rings. The summed E-state index contributed by atoms with van der Waals surface area (Å²) in [5.74, 6) is -3.41. The average Bonchev–Trinajstić information content (AvgIpc) is 3.25. The number of primary amides is 1. The third-order valence-electron chi connectivity index (χ3n) is 10.3. The number of nitro groups is 1. The van der Waals surface area contributed by atoms with E-state index in [2.05, 4.69) is 31.6 Å². The third-order valence-corrected chi connectivity index (χ3v) is 10.3. The lowest BCUT2D eigenvalue weighted by Gasteiger charge is -2.44. The molecule has 1 aromatic heterocycles. The molecule has 5 rings (SSSR count). The summed E-state index contributed by atoms with van der Waals surface area (Å²) >= 11 is 0. The molecule has 10 N–H and O–H groups in total. The Morgan fingerprint density at radius 2 is 1.68 bits per heavy atom. The second kappa shape index (κ2) is 22.5. The molecular weight excluding hydrogens is 825 g/mol. The van der Waals surface area contributed by atoms with Gasteiger partial charge < -0.3 is 61.7 Å². The second-order valence-electron chi connectivity index (χ2n) is 14.9. The summed E-state index contributed by atoms with van der Waals surface area (Å²) in [5.41, 5.74) is 6.72. The zero-order valence-corrected chi connectivity index (χ0v) is 34.7. The molecule has 338 valence electrons. The molecule has 1 saturated heterocycles. The van der Waals surface area contributed by atoms with Gasteiger partial charge in [-0.15, -0.1) is 0 Å². The molecule has 0 bridgehead atoms. The Morgan fingerprint density at radius 1 is 0.968 bits per heavy atom. The number of H-pyrrole nitrogens is 1. The van der Waals surface area contributed by atoms with Crippen molar-refractivity contribution in [2.75, 3.05) is 31.6 Å². The summed E-state index contributed by atoms with van der Waals surface area (Å²) in [6, 6.07) is 15.0. The van der Waals surface area contributed by atoms with Gasteiger partial charge in [-0.05, 0) is 49.9 Å². The van der Waals surface area contributed by atoms with Gasteiger partial charge in [0.25, 0.3) is 5.69 Å². The standard InChI is InChI=1S/C42H52N8O13/c1-23(46-33(54)22-61-39-36(47-24(2)52)42(63-31(20-51)38(39)56)62-21-25-10-4-3-5-11-25)41(58)49-29(40(43)57)15-17-32(53)45-19-9-8-18-44-28-14-16-30(50(59)60)35-34(28)37(55)26-12-6-7-13-27(26)48-35/h3-7,10-14,16,23,29,31,36,38-39,42,44,51,56H,8-9,15,17-22H2,1-2H3,(H2,43,57)(H,45,53)(H,46,54)(H,47,52)(H,48,55)(H,49,58). The van der Waals surface area contributed by atoms with E-state index in [9.17, 15) is 49.1 Å². The fourth-order valence-electron chi connectivity index (χ4n) is 7.03. The van der Waals surface area contributed by atoms with Crippen LogP contribution in [0.15, 0.2) is 71.5 Å². The number of aliphatic hydroxyl groups is 2. The minimum absolute atomic E-state index is 0.0574. The monoisotopic (exact) mass is 876 g/mol. The Kier molecular flexibility index (Phi) is 17.0. The summed E-state index contributed by atoms with van der Waals surface area (Å²) in [6.45, 7) is 1.96. The van der Waals surface area contributed by atoms with Crippen molar-refractivity contribution in [2.45, 2.75) is 88.9 Å². The van der Waals surface area contributed by atoms with E-state index in [1.165, 1.54) is 26.0 Å². The Hall–Kier alpha value is -6.52. The van der Waals surface area contributed by atoms with Gasteiger partial charge in [-0.2, -0.15) is 0 Å². The van der Waals surface area contributed by atoms with Crippen molar-refractivity contribution >= 4 is 62.7 Å². The first kappa shape index (κ1) is 47.5. The van der Waals surface area contributed by atoms with Gasteiger partial charge in [-0.25, -0.2) is 0 Å². The van der Waals surface area contributed by atoms with Gasteiger partial charge in [0, 0.05) is 49.1 Å². The number of aromatic nitrogens is 1. The van der Waals surface area contributed by atoms with Crippen LogP contribution >= 0.6 is 0 Å². The molecule has 3 aromatic carbocycles. The van der Waals surface area contributed by atoms with Crippen molar-refractivity contribution in [1.82, 2.24) is 26.3 Å². The fourth-order valence-corrected chi connectivity index (χ4v) is 7.03. The molecule has 21 nitrogen and oxygen atoms in total. The van der Waals surface area contributed by atoms with Gasteiger partial charge in [-0.3, -0.25) is 38.9 Å². The van der Waals surface area contributed by atoms with E-state index in [-0.39, 0.29) is 48.0 Å². The SMILES string of the molecule is CC(=O)NC1C(OCc2ccccc2)OC(CO)C(O)C1OCC(=O)NC(C)C(=O)NC(CCC(=O)NCCCCNc1ccc([N+](=O)[O-])c2[nH]c3ccccc3c(=O)c12)C(N)=O. The Bertz CT molecular complexity index is 2330. The quantitative estimate of drug-likeness (QED) is 0.0223. The molecule has 1 fully saturated rings. The van der Waals surface area contributed by atoms with E-state index in [0.29, 0.717) is 36.0 Å². The summed E-state index contributed by atoms with van der Waals surface area (Å²) in [4.78, 5) is 90.3. The van der Waals surface area contributed by atoms with Crippen LogP contribution < -0.4 is 37.7 Å². The van der Waals surface area contributed by atoms with Crippen LogP contribution in [0.1, 0.15) is 45.1 Å². The first-order valence-electron chi connectivity index (χ1n) is 20.3. The van der Waals surface area contributed by atoms with Gasteiger partial charge in [0.05, 0.1) is 23.5 Å². The maximum atomic E-state index is 13.3. The topological polar surface area (TPSA) is 316 Å². The Morgan fingerprint density at radius 3 is 2.38 bits per heavy atom. The van der Waals surface area contributed by atoms with E-state index >= 15 is 0 Å². The summed E-state index contributed by atoms with van der Waals surface area (Å²) in [7, 11) is 0. The molecule has 21 heteroatoms. The number of nitrogens with zero attached hydrogens (tertiary/aromatic N) is 1. The van der Waals surface area contributed by atoms with Gasteiger partial charge in [0.2, 0.25) is 29.5 Å². The molecule has 2 heterocycles. The summed E-state index contributed by atoms with van der Waals surface area (Å²) < 4.78 is 17.3. The second-order valence-corrected chi connectivity index (χ2v) is 14.9. The van der Waals surface area contributed by atoms with Crippen LogP contribution in [0.5, 0.6) is 0 Å². The maximum absolute atomic E-state index is 13.3. The van der Waals surface area contributed by atoms with Crippen molar-refractivity contribution in [3.63, 3.8) is 0 Å². The number of anilines is 1. The molecule has 7 unspecified atom stereocenters. The van der Waals surface area contributed by atoms with Crippen molar-refractivity contribution in [3.05, 3.63) is 92.6 Å². The number of non-ortho nitro benzene ring substituents is 1. The number of hydrogen-bond donors (Lipinski definition) is 9. The number of rotatable bonds is 22. The van der Waals surface area contributed by atoms with E-state index in [1.54, 1.807) is 48.5 Å². The Labute approximate surface area is 360 Å². The molecule has 63 heavy (non-hydrogen) atoms. The van der Waals surface area contributed by atoms with Crippen molar-refractivity contribution in [3.8, 4) is 0 Å². The molecular formula is C42H52N8O13. The smallest absolute Gasteiger partial charge is 0.293 e. The molecule has 4 aromatic rings. The number of aromatic amines is 1. The first-order chi connectivity index (χ1) is 30.2. The number of nitrogens with one attached hydrogen (secondary N) is 6. The van der Waals surface area contributed by atoms with E-state index < -0.39 is 90.4 Å². The summed E-state index contributed by atoms with van der Waals surface area (Å²) in [5, 5.41) is 46.4. The number of pyridine rings is 1. The largest absolute Gasteiger partial charge is 0.394 e. The third kappa shape index (κ3) is 12.8. The van der Waals surface area contributed by atoms with Crippen LogP contribution in [0.3, 0.4) is 0 Å². The number of benzene rings is 3. The number of nitrogens with two attached hydrogens (primary N) is 1. The minimum atomic E-state index is -1.49. The highest BCUT2D eigenvalue weighted by Gasteiger charge is 2.47. The number of hydrogen-bond acceptors (Lipinski definition) is 14. The molecule has 7 atom stereocenters. The number of ether oxygens (including phenoxy) is 3. The van der Waals surface area contributed by atoms with E-state index in [4.69, 9.17) is 19.9 Å². The number of nitro benzene ring substituents is 1. The zero-order valence-electron chi connectivity index (χ0n) is 34.7. The van der Waals surface area contributed by atoms with Crippen LogP contribution in [-0.2, 0) is 44.8 Å². The maximum Gasteiger partial charge on any atom is 0.293 e. The zero-order chi connectivity index (χ0) is 45.6. The van der Waals surface area contributed by atoms with E-state index in [0.717, 1.165) is 5.56 Å². The lowest BCUT2D eigenvalue weighted by atomic mass is 9.96. The van der Waals surface area contributed by atoms with Crippen LogP contribution in [0.2, 0.25) is 0 Å². The van der Waals surface area contributed by atoms with Crippen molar-refractivity contribution in [1.29, 1.82) is 0 Å². The lowest BCUT2D eigenvalue weighted by Crippen LogP contribution is -2.65. The highest BCUT2D eigenvalue weighted by molar-refractivity contribution is 6.03. The number of para-hydroxylation sites is 1. The summed E-state index contributed by atoms with van der Waals surface area (Å²) in [6.07, 6.45) is -4.38. The average molecular weight is 877 g/mol. The molecule has 0 radical (unpaired) electrons. The first-order valence-corrected chi connectivity index (χ1v) is 20.3. The van der Waals surface area contributed by atoms with Crippen LogP contribution in [0.4, 0.5) is 11.4 Å². The molecule has 5 amide bonds. The fraction of sp³-hybridized carbons (Fsp3) is 0.429. The number of amides is 5. The van der Waals surface area contributed by atoms with Crippen LogP contribution in [0.25, 0.3) is 21.8 Å². The number of unbranched alkanes of at least 4 members (excludes halogenated alkanes) is 1. The van der Waals surface area contributed by atoms with Crippen LogP contribution in [0, 0.1) is 10.1 Å². The molecule has 0 aliphatic carbocycles. The number of carbonyl (C=O) groups is 5. The van der Waals surface area contributed by atoms with Crippen LogP contribution in [-0.4, -0.2) is 119 Å². The predicted molar refractivity (Wildman–Crippen MR) is 228 cm³/mol. The van der Waals surface area contributed by atoms with Gasteiger partial charge >= 0.3 is 0 Å². The highest BCUT2D eigenvalue weighted by Crippen LogP contribution is 2.30.